The van der Waals surface area contributed by atoms with Crippen LogP contribution in [0.15, 0.2) is 12.2 Å². The molecule has 0 atom stereocenters. The van der Waals surface area contributed by atoms with Gasteiger partial charge < -0.3 is 4.74 Å². The summed E-state index contributed by atoms with van der Waals surface area (Å²) in [5.41, 5.74) is 0. The van der Waals surface area contributed by atoms with Crippen molar-refractivity contribution in [2.75, 3.05) is 6.61 Å². The molecule has 0 saturated heterocycles. The highest BCUT2D eigenvalue weighted by molar-refractivity contribution is 5.69. The molecule has 0 heterocycles. The third kappa shape index (κ3) is 27.2. The number of hydrogen-bond donors (Lipinski definition) is 0. The van der Waals surface area contributed by atoms with Gasteiger partial charge in [-0.3, -0.25) is 4.79 Å². The lowest BCUT2D eigenvalue weighted by atomic mass is 10.0. The zero-order chi connectivity index (χ0) is 22.8. The van der Waals surface area contributed by atoms with Crippen LogP contribution in [0.25, 0.3) is 0 Å². The van der Waals surface area contributed by atoms with Crippen molar-refractivity contribution in [1.82, 2.24) is 0 Å². The van der Waals surface area contributed by atoms with E-state index in [1.165, 1.54) is 109 Å². The number of carbonyl (C=O) groups is 1. The standard InChI is InChI=1S/C29H56O2/c1-4-5-6-7-8-9-10-11-12-13-14-15-16-20-23-26-29(30)31-27-24-21-18-17-19-22-25-28(2)3/h11-12,28H,4-10,13-27H2,1-3H3/b12-11+. The van der Waals surface area contributed by atoms with Gasteiger partial charge in [0.25, 0.3) is 0 Å². The molecule has 0 aliphatic carbocycles. The maximum atomic E-state index is 11.8. The van der Waals surface area contributed by atoms with Gasteiger partial charge in [-0.15, -0.1) is 0 Å². The van der Waals surface area contributed by atoms with Crippen LogP contribution in [-0.2, 0) is 9.53 Å². The van der Waals surface area contributed by atoms with Crippen LogP contribution in [0.1, 0.15) is 156 Å². The van der Waals surface area contributed by atoms with Gasteiger partial charge in [0.2, 0.25) is 0 Å². The summed E-state index contributed by atoms with van der Waals surface area (Å²) in [6.07, 6.45) is 31.0. The first-order valence-corrected chi connectivity index (χ1v) is 14.0. The number of esters is 1. The average Bonchev–Trinajstić information content (AvgIpc) is 2.75. The molecule has 0 aliphatic rings. The Morgan fingerprint density at radius 3 is 1.71 bits per heavy atom. The Balaban J connectivity index is 3.21. The van der Waals surface area contributed by atoms with Crippen LogP contribution in [0, 0.1) is 5.92 Å². The Morgan fingerprint density at radius 1 is 0.645 bits per heavy atom. The summed E-state index contributed by atoms with van der Waals surface area (Å²) >= 11 is 0. The van der Waals surface area contributed by atoms with Gasteiger partial charge in [-0.1, -0.05) is 123 Å². The molecule has 0 amide bonds. The van der Waals surface area contributed by atoms with Crippen molar-refractivity contribution in [3.8, 4) is 0 Å². The second-order valence-corrected chi connectivity index (χ2v) is 9.86. The number of allylic oxidation sites excluding steroid dienone is 2. The first kappa shape index (κ1) is 30.2. The van der Waals surface area contributed by atoms with Gasteiger partial charge in [-0.05, 0) is 44.4 Å². The van der Waals surface area contributed by atoms with E-state index in [2.05, 4.69) is 32.9 Å². The minimum Gasteiger partial charge on any atom is -0.466 e. The number of rotatable bonds is 24. The topological polar surface area (TPSA) is 26.3 Å². The van der Waals surface area contributed by atoms with E-state index in [1.54, 1.807) is 0 Å². The van der Waals surface area contributed by atoms with Gasteiger partial charge in [0, 0.05) is 6.42 Å². The van der Waals surface area contributed by atoms with E-state index >= 15 is 0 Å². The van der Waals surface area contributed by atoms with Crippen molar-refractivity contribution in [2.45, 2.75) is 156 Å². The fourth-order valence-electron chi connectivity index (χ4n) is 3.96. The van der Waals surface area contributed by atoms with E-state index in [-0.39, 0.29) is 5.97 Å². The van der Waals surface area contributed by atoms with Crippen molar-refractivity contribution < 1.29 is 9.53 Å². The van der Waals surface area contributed by atoms with Crippen LogP contribution >= 0.6 is 0 Å². The summed E-state index contributed by atoms with van der Waals surface area (Å²) in [5.74, 6) is 0.843. The van der Waals surface area contributed by atoms with Gasteiger partial charge in [0.15, 0.2) is 0 Å². The zero-order valence-electron chi connectivity index (χ0n) is 21.6. The minimum absolute atomic E-state index is 0.00885. The Labute approximate surface area is 196 Å². The Bertz CT molecular complexity index is 386. The van der Waals surface area contributed by atoms with Crippen molar-refractivity contribution in [3.63, 3.8) is 0 Å². The smallest absolute Gasteiger partial charge is 0.305 e. The summed E-state index contributed by atoms with van der Waals surface area (Å²) in [5, 5.41) is 0. The summed E-state index contributed by atoms with van der Waals surface area (Å²) < 4.78 is 5.37. The van der Waals surface area contributed by atoms with Crippen molar-refractivity contribution in [2.24, 2.45) is 5.92 Å². The molecule has 2 heteroatoms. The molecule has 0 aromatic rings. The monoisotopic (exact) mass is 436 g/mol. The lowest BCUT2D eigenvalue weighted by molar-refractivity contribution is -0.143. The highest BCUT2D eigenvalue weighted by Crippen LogP contribution is 2.12. The lowest BCUT2D eigenvalue weighted by Gasteiger charge is -2.06. The third-order valence-corrected chi connectivity index (χ3v) is 6.08. The van der Waals surface area contributed by atoms with Crippen molar-refractivity contribution in [1.29, 1.82) is 0 Å². The predicted molar refractivity (Wildman–Crippen MR) is 138 cm³/mol. The number of hydrogen-bond acceptors (Lipinski definition) is 2. The van der Waals surface area contributed by atoms with E-state index in [0.717, 1.165) is 25.2 Å². The molecule has 0 aromatic carbocycles. The Morgan fingerprint density at radius 2 is 1.13 bits per heavy atom. The van der Waals surface area contributed by atoms with E-state index in [9.17, 15) is 4.79 Å². The third-order valence-electron chi connectivity index (χ3n) is 6.08. The molecular formula is C29H56O2. The minimum atomic E-state index is 0.00885. The Kier molecular flexibility index (Phi) is 24.8. The van der Waals surface area contributed by atoms with Crippen LogP contribution in [0.4, 0.5) is 0 Å². The highest BCUT2D eigenvalue weighted by Gasteiger charge is 2.02. The van der Waals surface area contributed by atoms with Gasteiger partial charge >= 0.3 is 5.97 Å². The van der Waals surface area contributed by atoms with Crippen LogP contribution in [0.5, 0.6) is 0 Å². The van der Waals surface area contributed by atoms with E-state index in [0.29, 0.717) is 13.0 Å². The van der Waals surface area contributed by atoms with E-state index < -0.39 is 0 Å². The van der Waals surface area contributed by atoms with E-state index in [4.69, 9.17) is 4.74 Å². The molecule has 0 rings (SSSR count). The zero-order valence-corrected chi connectivity index (χ0v) is 21.6. The SMILES string of the molecule is CCCCCCCC/C=C/CCCCCCCC(=O)OCCCCCCCCC(C)C. The van der Waals surface area contributed by atoms with Gasteiger partial charge in [0.05, 0.1) is 6.61 Å². The molecule has 0 fully saturated rings. The summed E-state index contributed by atoms with van der Waals surface area (Å²) in [6, 6.07) is 0. The average molecular weight is 437 g/mol. The molecule has 31 heavy (non-hydrogen) atoms. The number of ether oxygens (including phenoxy) is 1. The first-order chi connectivity index (χ1) is 15.2. The maximum Gasteiger partial charge on any atom is 0.305 e. The molecule has 0 bridgehead atoms. The molecule has 0 aliphatic heterocycles. The number of carbonyl (C=O) groups excluding carboxylic acids is 1. The van der Waals surface area contributed by atoms with Gasteiger partial charge in [0.1, 0.15) is 0 Å². The normalized spacial score (nSPS) is 11.6. The molecular weight excluding hydrogens is 380 g/mol. The largest absolute Gasteiger partial charge is 0.466 e. The second-order valence-electron chi connectivity index (χ2n) is 9.86. The van der Waals surface area contributed by atoms with Gasteiger partial charge in [-0.25, -0.2) is 0 Å². The first-order valence-electron chi connectivity index (χ1n) is 14.0. The maximum absolute atomic E-state index is 11.8. The highest BCUT2D eigenvalue weighted by atomic mass is 16.5. The summed E-state index contributed by atoms with van der Waals surface area (Å²) in [4.78, 5) is 11.8. The second kappa shape index (κ2) is 25.5. The van der Waals surface area contributed by atoms with Gasteiger partial charge in [-0.2, -0.15) is 0 Å². The predicted octanol–water partition coefficient (Wildman–Crippen LogP) is 9.95. The molecule has 0 saturated carbocycles. The molecule has 0 spiro atoms. The van der Waals surface area contributed by atoms with Crippen molar-refractivity contribution in [3.05, 3.63) is 12.2 Å². The molecule has 0 radical (unpaired) electrons. The fourth-order valence-corrected chi connectivity index (χ4v) is 3.96. The van der Waals surface area contributed by atoms with Crippen LogP contribution in [0.2, 0.25) is 0 Å². The Hall–Kier alpha value is -0.790. The molecule has 0 N–H and O–H groups in total. The van der Waals surface area contributed by atoms with Crippen LogP contribution < -0.4 is 0 Å². The molecule has 0 aromatic heterocycles. The molecule has 184 valence electrons. The fraction of sp³-hybridized carbons (Fsp3) is 0.897. The van der Waals surface area contributed by atoms with E-state index in [1.807, 2.05) is 0 Å². The van der Waals surface area contributed by atoms with Crippen molar-refractivity contribution >= 4 is 5.97 Å². The van der Waals surface area contributed by atoms with Crippen LogP contribution in [0.3, 0.4) is 0 Å². The number of unbranched alkanes of at least 4 members (excludes halogenated alkanes) is 16. The molecule has 0 unspecified atom stereocenters. The summed E-state index contributed by atoms with van der Waals surface area (Å²) in [6.45, 7) is 7.49. The summed E-state index contributed by atoms with van der Waals surface area (Å²) in [7, 11) is 0. The van der Waals surface area contributed by atoms with Crippen LogP contribution in [-0.4, -0.2) is 12.6 Å². The lowest BCUT2D eigenvalue weighted by Crippen LogP contribution is -2.05. The quantitative estimate of drug-likeness (QED) is 0.0854. The molecule has 2 nitrogen and oxygen atoms in total.